The van der Waals surface area contributed by atoms with Crippen LogP contribution in [0.4, 0.5) is 13.2 Å². The van der Waals surface area contributed by atoms with E-state index in [0.717, 1.165) is 41.9 Å². The Labute approximate surface area is 177 Å². The third kappa shape index (κ3) is 4.55. The van der Waals surface area contributed by atoms with Crippen molar-refractivity contribution in [3.8, 4) is 11.6 Å². The number of nitrogens with one attached hydrogen (secondary N) is 1. The lowest BCUT2D eigenvalue weighted by molar-refractivity contribution is -0.137. The first-order chi connectivity index (χ1) is 14.8. The molecule has 0 bridgehead atoms. The molecule has 0 spiro atoms. The third-order valence-corrected chi connectivity index (χ3v) is 5.14. The Morgan fingerprint density at radius 1 is 1.29 bits per heavy atom. The molecule has 1 N–H and O–H groups in total. The van der Waals surface area contributed by atoms with Gasteiger partial charge in [0.15, 0.2) is 0 Å². The molecule has 31 heavy (non-hydrogen) atoms. The quantitative estimate of drug-likeness (QED) is 0.648. The van der Waals surface area contributed by atoms with Gasteiger partial charge in [0, 0.05) is 29.6 Å². The van der Waals surface area contributed by atoms with Gasteiger partial charge in [-0.05, 0) is 50.5 Å². The highest BCUT2D eigenvalue weighted by atomic mass is 19.4. The molecule has 1 aliphatic rings. The van der Waals surface area contributed by atoms with E-state index in [-0.39, 0.29) is 11.6 Å². The van der Waals surface area contributed by atoms with Crippen LogP contribution in [0.2, 0.25) is 0 Å². The molecule has 162 valence electrons. The van der Waals surface area contributed by atoms with E-state index in [0.29, 0.717) is 18.9 Å². The topological polar surface area (TPSA) is 69.0 Å². The van der Waals surface area contributed by atoms with Crippen molar-refractivity contribution in [3.63, 3.8) is 0 Å². The highest BCUT2D eigenvalue weighted by Crippen LogP contribution is 2.32. The normalized spacial score (nSPS) is 15.9. The molecule has 1 aliphatic carbocycles. The molecule has 1 atom stereocenters. The van der Waals surface area contributed by atoms with Crippen molar-refractivity contribution in [1.29, 1.82) is 0 Å². The molecule has 0 fully saturated rings. The maximum Gasteiger partial charge on any atom is 0.416 e. The Balaban J connectivity index is 1.57. The molecule has 0 radical (unpaired) electrons. The molecule has 0 saturated carbocycles. The van der Waals surface area contributed by atoms with Crippen LogP contribution in [0.1, 0.15) is 53.0 Å². The van der Waals surface area contributed by atoms with Crippen LogP contribution in [0, 0.1) is 0 Å². The number of amides is 1. The Kier molecular flexibility index (Phi) is 5.67. The number of rotatable bonds is 5. The zero-order valence-electron chi connectivity index (χ0n) is 16.8. The van der Waals surface area contributed by atoms with Crippen molar-refractivity contribution in [2.24, 2.45) is 0 Å². The van der Waals surface area contributed by atoms with E-state index in [9.17, 15) is 18.0 Å². The van der Waals surface area contributed by atoms with Gasteiger partial charge in [-0.25, -0.2) is 9.67 Å². The van der Waals surface area contributed by atoms with Crippen LogP contribution < -0.4 is 10.1 Å². The molecule has 2 heterocycles. The summed E-state index contributed by atoms with van der Waals surface area (Å²) in [4.78, 5) is 16.8. The fraction of sp³-hybridized carbons (Fsp3) is 0.318. The summed E-state index contributed by atoms with van der Waals surface area (Å²) in [6.45, 7) is 2.37. The summed E-state index contributed by atoms with van der Waals surface area (Å²) in [5, 5.41) is 7.50. The first kappa shape index (κ1) is 20.9. The second kappa shape index (κ2) is 8.41. The monoisotopic (exact) mass is 430 g/mol. The van der Waals surface area contributed by atoms with Crippen LogP contribution in [-0.2, 0) is 12.6 Å². The highest BCUT2D eigenvalue weighted by Gasteiger charge is 2.31. The average Bonchev–Trinajstić information content (AvgIpc) is 3.19. The maximum atomic E-state index is 13.0. The molecule has 0 saturated heterocycles. The van der Waals surface area contributed by atoms with E-state index in [1.54, 1.807) is 23.0 Å². The summed E-state index contributed by atoms with van der Waals surface area (Å²) >= 11 is 0. The fourth-order valence-corrected chi connectivity index (χ4v) is 3.67. The number of hydrogen-bond donors (Lipinski definition) is 1. The number of pyridine rings is 1. The van der Waals surface area contributed by atoms with Gasteiger partial charge in [0.25, 0.3) is 5.91 Å². The molecular formula is C22H21F3N4O2. The van der Waals surface area contributed by atoms with Crippen LogP contribution in [0.15, 0.2) is 48.8 Å². The number of halogens is 3. The number of ether oxygens (including phenoxy) is 1. The fourth-order valence-electron chi connectivity index (χ4n) is 3.67. The summed E-state index contributed by atoms with van der Waals surface area (Å²) < 4.78 is 46.1. The van der Waals surface area contributed by atoms with Crippen LogP contribution in [-0.4, -0.2) is 27.3 Å². The number of carbonyl (C=O) groups is 1. The van der Waals surface area contributed by atoms with E-state index in [1.165, 1.54) is 12.1 Å². The molecular weight excluding hydrogens is 409 g/mol. The summed E-state index contributed by atoms with van der Waals surface area (Å²) in [6.07, 6.45) is 1.24. The average molecular weight is 430 g/mol. The lowest BCUT2D eigenvalue weighted by Gasteiger charge is -2.22. The standard InChI is InChI=1S/C22H21F3N4O2/c1-2-31-20-12-16(9-10-26-20)29-13-17-18(7-4-8-19(17)28-29)27-21(30)14-5-3-6-15(11-14)22(23,24)25/h3,5-6,9-13,18H,2,4,7-8H2,1H3,(H,27,30)/t18-/m0/s1. The molecule has 0 aliphatic heterocycles. The predicted octanol–water partition coefficient (Wildman–Crippen LogP) is 4.49. The smallest absolute Gasteiger partial charge is 0.416 e. The molecule has 9 heteroatoms. The van der Waals surface area contributed by atoms with E-state index in [1.807, 2.05) is 13.1 Å². The van der Waals surface area contributed by atoms with Gasteiger partial charge in [0.05, 0.1) is 29.6 Å². The van der Waals surface area contributed by atoms with Crippen LogP contribution in [0.3, 0.4) is 0 Å². The molecule has 2 aromatic heterocycles. The Morgan fingerprint density at radius 2 is 2.13 bits per heavy atom. The summed E-state index contributed by atoms with van der Waals surface area (Å²) in [6, 6.07) is 7.69. The third-order valence-electron chi connectivity index (χ3n) is 5.14. The molecule has 0 unspecified atom stereocenters. The molecule has 6 nitrogen and oxygen atoms in total. The maximum absolute atomic E-state index is 13.0. The van der Waals surface area contributed by atoms with Gasteiger partial charge in [-0.1, -0.05) is 6.07 Å². The molecule has 1 aromatic carbocycles. The second-order valence-corrected chi connectivity index (χ2v) is 7.26. The van der Waals surface area contributed by atoms with Crippen LogP contribution in [0.5, 0.6) is 5.88 Å². The SMILES string of the molecule is CCOc1cc(-n2cc3c(n2)CCC[C@@H]3NC(=O)c2cccc(C(F)(F)F)c2)ccn1. The highest BCUT2D eigenvalue weighted by molar-refractivity contribution is 5.94. The van der Waals surface area contributed by atoms with Gasteiger partial charge in [-0.3, -0.25) is 4.79 Å². The minimum atomic E-state index is -4.50. The van der Waals surface area contributed by atoms with Crippen molar-refractivity contribution in [3.05, 3.63) is 71.2 Å². The van der Waals surface area contributed by atoms with Gasteiger partial charge in [0.2, 0.25) is 5.88 Å². The van der Waals surface area contributed by atoms with Crippen molar-refractivity contribution < 1.29 is 22.7 Å². The zero-order chi connectivity index (χ0) is 22.0. The largest absolute Gasteiger partial charge is 0.478 e. The lowest BCUT2D eigenvalue weighted by atomic mass is 9.93. The second-order valence-electron chi connectivity index (χ2n) is 7.26. The number of fused-ring (bicyclic) bond motifs is 1. The van der Waals surface area contributed by atoms with E-state index in [2.05, 4.69) is 15.4 Å². The molecule has 1 amide bonds. The summed E-state index contributed by atoms with van der Waals surface area (Å²) in [5.74, 6) is -0.0536. The van der Waals surface area contributed by atoms with Gasteiger partial charge in [0.1, 0.15) is 0 Å². The number of aromatic nitrogens is 3. The van der Waals surface area contributed by atoms with Crippen molar-refractivity contribution in [2.45, 2.75) is 38.4 Å². The van der Waals surface area contributed by atoms with Crippen molar-refractivity contribution in [2.75, 3.05) is 6.61 Å². The van der Waals surface area contributed by atoms with Crippen LogP contribution in [0.25, 0.3) is 5.69 Å². The summed E-state index contributed by atoms with van der Waals surface area (Å²) in [5.41, 5.74) is 1.62. The lowest BCUT2D eigenvalue weighted by Crippen LogP contribution is -2.30. The van der Waals surface area contributed by atoms with E-state index >= 15 is 0 Å². The molecule has 4 rings (SSSR count). The Bertz CT molecular complexity index is 1090. The minimum Gasteiger partial charge on any atom is -0.478 e. The Morgan fingerprint density at radius 3 is 2.90 bits per heavy atom. The number of alkyl halides is 3. The van der Waals surface area contributed by atoms with Gasteiger partial charge in [-0.2, -0.15) is 18.3 Å². The van der Waals surface area contributed by atoms with Crippen molar-refractivity contribution >= 4 is 5.91 Å². The number of hydrogen-bond acceptors (Lipinski definition) is 4. The van der Waals surface area contributed by atoms with Gasteiger partial charge < -0.3 is 10.1 Å². The van der Waals surface area contributed by atoms with E-state index < -0.39 is 17.6 Å². The van der Waals surface area contributed by atoms with Gasteiger partial charge in [-0.15, -0.1) is 0 Å². The van der Waals surface area contributed by atoms with E-state index in [4.69, 9.17) is 4.74 Å². The number of nitrogens with zero attached hydrogens (tertiary/aromatic N) is 3. The first-order valence-corrected chi connectivity index (χ1v) is 10.0. The zero-order valence-corrected chi connectivity index (χ0v) is 16.8. The summed E-state index contributed by atoms with van der Waals surface area (Å²) in [7, 11) is 0. The number of carbonyl (C=O) groups excluding carboxylic acids is 1. The Hall–Kier alpha value is -3.36. The van der Waals surface area contributed by atoms with Crippen LogP contribution >= 0.6 is 0 Å². The number of aryl methyl sites for hydroxylation is 1. The minimum absolute atomic E-state index is 0.0233. The number of benzene rings is 1. The predicted molar refractivity (Wildman–Crippen MR) is 107 cm³/mol. The molecule has 3 aromatic rings. The van der Waals surface area contributed by atoms with Crippen molar-refractivity contribution in [1.82, 2.24) is 20.1 Å². The first-order valence-electron chi connectivity index (χ1n) is 10.0. The van der Waals surface area contributed by atoms with Gasteiger partial charge >= 0.3 is 6.18 Å².